The largest absolute Gasteiger partial charge is 0.448 e. The van der Waals surface area contributed by atoms with Crippen molar-refractivity contribution in [2.24, 2.45) is 5.73 Å². The molecule has 0 atom stereocenters. The molecule has 72 valence electrons. The molecule has 1 amide bonds. The number of carbonyl (C=O) groups is 1. The average molecular weight is 184 g/mol. The third-order valence-electron chi connectivity index (χ3n) is 1.40. The van der Waals surface area contributed by atoms with E-state index in [1.54, 1.807) is 6.20 Å². The molecule has 0 radical (unpaired) electrons. The SMILES string of the molecule is NC(=O)OCCNCc1ccn[nH]1. The highest BCUT2D eigenvalue weighted by molar-refractivity contribution is 5.64. The van der Waals surface area contributed by atoms with Crippen LogP contribution in [0.2, 0.25) is 0 Å². The van der Waals surface area contributed by atoms with Gasteiger partial charge in [0.2, 0.25) is 0 Å². The Morgan fingerprint density at radius 3 is 3.23 bits per heavy atom. The van der Waals surface area contributed by atoms with Crippen molar-refractivity contribution in [2.45, 2.75) is 6.54 Å². The number of primary amides is 1. The van der Waals surface area contributed by atoms with E-state index in [9.17, 15) is 4.79 Å². The van der Waals surface area contributed by atoms with Crippen LogP contribution >= 0.6 is 0 Å². The number of rotatable bonds is 5. The summed E-state index contributed by atoms with van der Waals surface area (Å²) in [5.41, 5.74) is 5.75. The first-order valence-corrected chi connectivity index (χ1v) is 3.90. The molecule has 1 aromatic rings. The van der Waals surface area contributed by atoms with Gasteiger partial charge in [0, 0.05) is 25.0 Å². The Balaban J connectivity index is 1.99. The number of aromatic amines is 1. The Kier molecular flexibility index (Phi) is 3.77. The topological polar surface area (TPSA) is 93.0 Å². The Hall–Kier alpha value is -1.56. The summed E-state index contributed by atoms with van der Waals surface area (Å²) in [4.78, 5) is 10.1. The minimum Gasteiger partial charge on any atom is -0.448 e. The first-order chi connectivity index (χ1) is 6.29. The van der Waals surface area contributed by atoms with E-state index in [1.807, 2.05) is 6.07 Å². The summed E-state index contributed by atoms with van der Waals surface area (Å²) in [6.07, 6.45) is 0.931. The van der Waals surface area contributed by atoms with Gasteiger partial charge in [-0.3, -0.25) is 5.10 Å². The lowest BCUT2D eigenvalue weighted by atomic mass is 10.4. The van der Waals surface area contributed by atoms with Crippen LogP contribution in [0, 0.1) is 0 Å². The zero-order chi connectivity index (χ0) is 9.52. The quantitative estimate of drug-likeness (QED) is 0.542. The van der Waals surface area contributed by atoms with E-state index in [-0.39, 0.29) is 6.61 Å². The lowest BCUT2D eigenvalue weighted by Gasteiger charge is -2.02. The molecule has 1 aromatic heterocycles. The Morgan fingerprint density at radius 2 is 2.62 bits per heavy atom. The maximum Gasteiger partial charge on any atom is 0.404 e. The molecule has 1 rings (SSSR count). The van der Waals surface area contributed by atoms with Crippen LogP contribution in [0.25, 0.3) is 0 Å². The monoisotopic (exact) mass is 184 g/mol. The summed E-state index contributed by atoms with van der Waals surface area (Å²) in [6.45, 7) is 1.52. The van der Waals surface area contributed by atoms with Crippen molar-refractivity contribution in [2.75, 3.05) is 13.2 Å². The number of carbonyl (C=O) groups excluding carboxylic acids is 1. The predicted molar refractivity (Wildman–Crippen MR) is 45.8 cm³/mol. The van der Waals surface area contributed by atoms with Crippen LogP contribution < -0.4 is 11.1 Å². The van der Waals surface area contributed by atoms with Gasteiger partial charge in [-0.2, -0.15) is 5.10 Å². The summed E-state index contributed by atoms with van der Waals surface area (Å²) in [5.74, 6) is 0. The van der Waals surface area contributed by atoms with Crippen LogP contribution in [0.5, 0.6) is 0 Å². The maximum absolute atomic E-state index is 10.1. The van der Waals surface area contributed by atoms with E-state index in [0.717, 1.165) is 5.69 Å². The van der Waals surface area contributed by atoms with Crippen molar-refractivity contribution >= 4 is 6.09 Å². The van der Waals surface area contributed by atoms with E-state index in [4.69, 9.17) is 5.73 Å². The molecular weight excluding hydrogens is 172 g/mol. The number of hydrogen-bond donors (Lipinski definition) is 3. The minimum atomic E-state index is -0.747. The highest BCUT2D eigenvalue weighted by Crippen LogP contribution is 1.88. The summed E-state index contributed by atoms with van der Waals surface area (Å²) >= 11 is 0. The second kappa shape index (κ2) is 5.15. The van der Waals surface area contributed by atoms with Crippen molar-refractivity contribution in [1.82, 2.24) is 15.5 Å². The molecule has 0 aliphatic rings. The molecular formula is C7H12N4O2. The number of nitrogens with zero attached hydrogens (tertiary/aromatic N) is 1. The van der Waals surface area contributed by atoms with E-state index >= 15 is 0 Å². The predicted octanol–water partition coefficient (Wildman–Crippen LogP) is -0.405. The maximum atomic E-state index is 10.1. The Bertz CT molecular complexity index is 247. The van der Waals surface area contributed by atoms with Gasteiger partial charge in [-0.05, 0) is 6.07 Å². The van der Waals surface area contributed by atoms with Crippen LogP contribution in [0.15, 0.2) is 12.3 Å². The minimum absolute atomic E-state index is 0.281. The highest BCUT2D eigenvalue weighted by atomic mass is 16.5. The number of hydrogen-bond acceptors (Lipinski definition) is 4. The molecule has 0 bridgehead atoms. The van der Waals surface area contributed by atoms with Gasteiger partial charge in [0.15, 0.2) is 0 Å². The fourth-order valence-corrected chi connectivity index (χ4v) is 0.830. The van der Waals surface area contributed by atoms with Gasteiger partial charge >= 0.3 is 6.09 Å². The average Bonchev–Trinajstić information content (AvgIpc) is 2.55. The lowest BCUT2D eigenvalue weighted by Crippen LogP contribution is -2.23. The zero-order valence-corrected chi connectivity index (χ0v) is 7.12. The molecule has 0 aromatic carbocycles. The smallest absolute Gasteiger partial charge is 0.404 e. The van der Waals surface area contributed by atoms with E-state index < -0.39 is 6.09 Å². The molecule has 0 unspecified atom stereocenters. The number of H-pyrrole nitrogens is 1. The van der Waals surface area contributed by atoms with Crippen molar-refractivity contribution < 1.29 is 9.53 Å². The van der Waals surface area contributed by atoms with Crippen LogP contribution in [-0.2, 0) is 11.3 Å². The number of ether oxygens (including phenoxy) is 1. The van der Waals surface area contributed by atoms with Crippen LogP contribution in [0.4, 0.5) is 4.79 Å². The first kappa shape index (κ1) is 9.53. The van der Waals surface area contributed by atoms with Gasteiger partial charge in [-0.25, -0.2) is 4.79 Å². The molecule has 6 nitrogen and oxygen atoms in total. The molecule has 0 aliphatic heterocycles. The van der Waals surface area contributed by atoms with Crippen molar-refractivity contribution in [1.29, 1.82) is 0 Å². The Labute approximate surface area is 75.5 Å². The molecule has 0 aliphatic carbocycles. The summed E-state index contributed by atoms with van der Waals surface area (Å²) in [7, 11) is 0. The van der Waals surface area contributed by atoms with Gasteiger partial charge < -0.3 is 15.8 Å². The van der Waals surface area contributed by atoms with Crippen molar-refractivity contribution in [3.63, 3.8) is 0 Å². The molecule has 0 saturated carbocycles. The summed E-state index contributed by atoms with van der Waals surface area (Å²) in [6, 6.07) is 1.86. The third kappa shape index (κ3) is 4.12. The lowest BCUT2D eigenvalue weighted by molar-refractivity contribution is 0.157. The highest BCUT2D eigenvalue weighted by Gasteiger charge is 1.94. The van der Waals surface area contributed by atoms with Gasteiger partial charge in [-0.1, -0.05) is 0 Å². The third-order valence-corrected chi connectivity index (χ3v) is 1.40. The standard InChI is InChI=1S/C7H12N4O2/c8-7(12)13-4-3-9-5-6-1-2-10-11-6/h1-2,9H,3-5H2,(H2,8,12)(H,10,11). The summed E-state index contributed by atoms with van der Waals surface area (Å²) < 4.78 is 4.51. The first-order valence-electron chi connectivity index (χ1n) is 3.90. The van der Waals surface area contributed by atoms with E-state index in [1.165, 1.54) is 0 Å². The summed E-state index contributed by atoms with van der Waals surface area (Å²) in [5, 5.41) is 9.61. The number of amides is 1. The number of aromatic nitrogens is 2. The van der Waals surface area contributed by atoms with Crippen LogP contribution in [-0.4, -0.2) is 29.4 Å². The molecule has 0 spiro atoms. The van der Waals surface area contributed by atoms with Gasteiger partial charge in [0.05, 0.1) is 0 Å². The molecule has 6 heteroatoms. The van der Waals surface area contributed by atoms with E-state index in [2.05, 4.69) is 20.3 Å². The van der Waals surface area contributed by atoms with E-state index in [0.29, 0.717) is 13.1 Å². The second-order valence-electron chi connectivity index (χ2n) is 2.43. The number of nitrogens with two attached hydrogens (primary N) is 1. The molecule has 4 N–H and O–H groups in total. The fraction of sp³-hybridized carbons (Fsp3) is 0.429. The van der Waals surface area contributed by atoms with Crippen LogP contribution in [0.1, 0.15) is 5.69 Å². The van der Waals surface area contributed by atoms with Crippen molar-refractivity contribution in [3.05, 3.63) is 18.0 Å². The number of nitrogens with one attached hydrogen (secondary N) is 2. The Morgan fingerprint density at radius 1 is 1.77 bits per heavy atom. The van der Waals surface area contributed by atoms with Crippen LogP contribution in [0.3, 0.4) is 0 Å². The second-order valence-corrected chi connectivity index (χ2v) is 2.43. The van der Waals surface area contributed by atoms with Gasteiger partial charge in [0.25, 0.3) is 0 Å². The fourth-order valence-electron chi connectivity index (χ4n) is 0.830. The van der Waals surface area contributed by atoms with Crippen molar-refractivity contribution in [3.8, 4) is 0 Å². The van der Waals surface area contributed by atoms with Gasteiger partial charge in [0.1, 0.15) is 6.61 Å². The molecule has 0 fully saturated rings. The normalized spacial score (nSPS) is 9.85. The zero-order valence-electron chi connectivity index (χ0n) is 7.12. The molecule has 1 heterocycles. The molecule has 0 saturated heterocycles. The molecule has 13 heavy (non-hydrogen) atoms. The van der Waals surface area contributed by atoms with Gasteiger partial charge in [-0.15, -0.1) is 0 Å².